The summed E-state index contributed by atoms with van der Waals surface area (Å²) in [5, 5.41) is 3.55. The summed E-state index contributed by atoms with van der Waals surface area (Å²) in [7, 11) is 3.89. The van der Waals surface area contributed by atoms with Crippen LogP contribution in [0.1, 0.15) is 30.9 Å². The number of halogens is 1. The van der Waals surface area contributed by atoms with Gasteiger partial charge in [0.2, 0.25) is 0 Å². The van der Waals surface area contributed by atoms with Crippen LogP contribution in [0.15, 0.2) is 22.7 Å². The second-order valence-corrected chi connectivity index (χ2v) is 6.65. The lowest BCUT2D eigenvalue weighted by Gasteiger charge is -2.24. The van der Waals surface area contributed by atoms with E-state index >= 15 is 0 Å². The Labute approximate surface area is 130 Å². The van der Waals surface area contributed by atoms with Gasteiger partial charge in [0, 0.05) is 36.8 Å². The number of hydrogen-bond acceptors (Lipinski definition) is 3. The topological polar surface area (TPSA) is 24.5 Å². The minimum atomic E-state index is 0.420. The molecule has 0 amide bonds. The van der Waals surface area contributed by atoms with Gasteiger partial charge in [-0.25, -0.2) is 0 Å². The predicted octanol–water partition coefficient (Wildman–Crippen LogP) is 3.17. The SMILES string of the molecule is COCC(C)N(C)Cc1ccc(CNC2CC2)cc1Br. The van der Waals surface area contributed by atoms with E-state index in [-0.39, 0.29) is 0 Å². The van der Waals surface area contributed by atoms with Gasteiger partial charge in [-0.05, 0) is 44.0 Å². The van der Waals surface area contributed by atoms with Crippen molar-refractivity contribution in [1.29, 1.82) is 0 Å². The highest BCUT2D eigenvalue weighted by Gasteiger charge is 2.20. The molecule has 2 rings (SSSR count). The minimum absolute atomic E-state index is 0.420. The molecule has 0 saturated heterocycles. The normalized spacial score (nSPS) is 16.6. The molecule has 1 unspecified atom stereocenters. The number of methoxy groups -OCH3 is 1. The van der Waals surface area contributed by atoms with Crippen LogP contribution in [0.3, 0.4) is 0 Å². The van der Waals surface area contributed by atoms with Gasteiger partial charge in [-0.1, -0.05) is 28.1 Å². The van der Waals surface area contributed by atoms with Crippen molar-refractivity contribution in [2.45, 2.75) is 44.9 Å². The van der Waals surface area contributed by atoms with Crippen LogP contribution in [0.5, 0.6) is 0 Å². The maximum Gasteiger partial charge on any atom is 0.0615 e. The van der Waals surface area contributed by atoms with Gasteiger partial charge in [0.05, 0.1) is 6.61 Å². The Morgan fingerprint density at radius 2 is 2.20 bits per heavy atom. The van der Waals surface area contributed by atoms with Gasteiger partial charge in [-0.3, -0.25) is 4.90 Å². The first-order valence-electron chi connectivity index (χ1n) is 7.30. The maximum atomic E-state index is 5.21. The zero-order chi connectivity index (χ0) is 14.5. The van der Waals surface area contributed by atoms with Crippen LogP contribution in [0.4, 0.5) is 0 Å². The third-order valence-electron chi connectivity index (χ3n) is 3.87. The van der Waals surface area contributed by atoms with E-state index in [9.17, 15) is 0 Å². The molecule has 1 aliphatic rings. The summed E-state index contributed by atoms with van der Waals surface area (Å²) in [6.45, 7) is 4.85. The quantitative estimate of drug-likeness (QED) is 0.786. The van der Waals surface area contributed by atoms with E-state index in [0.717, 1.165) is 25.7 Å². The van der Waals surface area contributed by atoms with E-state index in [2.05, 4.69) is 58.3 Å². The number of benzene rings is 1. The van der Waals surface area contributed by atoms with Crippen LogP contribution in [-0.2, 0) is 17.8 Å². The molecule has 1 atom stereocenters. The van der Waals surface area contributed by atoms with E-state index in [4.69, 9.17) is 4.74 Å². The Hall–Kier alpha value is -0.420. The van der Waals surface area contributed by atoms with Crippen LogP contribution in [0.2, 0.25) is 0 Å². The monoisotopic (exact) mass is 340 g/mol. The van der Waals surface area contributed by atoms with Crippen molar-refractivity contribution in [3.05, 3.63) is 33.8 Å². The van der Waals surface area contributed by atoms with E-state index < -0.39 is 0 Å². The minimum Gasteiger partial charge on any atom is -0.383 e. The molecule has 1 aromatic rings. The van der Waals surface area contributed by atoms with Crippen molar-refractivity contribution in [2.75, 3.05) is 20.8 Å². The number of hydrogen-bond donors (Lipinski definition) is 1. The van der Waals surface area contributed by atoms with Crippen molar-refractivity contribution < 1.29 is 4.74 Å². The zero-order valence-electron chi connectivity index (χ0n) is 12.7. The molecule has 0 aliphatic heterocycles. The Bertz CT molecular complexity index is 434. The summed E-state index contributed by atoms with van der Waals surface area (Å²) >= 11 is 3.70. The Morgan fingerprint density at radius 3 is 2.80 bits per heavy atom. The first kappa shape index (κ1) is 16.0. The van der Waals surface area contributed by atoms with Crippen LogP contribution in [0.25, 0.3) is 0 Å². The largest absolute Gasteiger partial charge is 0.383 e. The van der Waals surface area contributed by atoms with Crippen molar-refractivity contribution in [1.82, 2.24) is 10.2 Å². The first-order chi connectivity index (χ1) is 9.60. The summed E-state index contributed by atoms with van der Waals surface area (Å²) in [4.78, 5) is 2.31. The molecule has 1 fully saturated rings. The maximum absolute atomic E-state index is 5.21. The second-order valence-electron chi connectivity index (χ2n) is 5.80. The summed E-state index contributed by atoms with van der Waals surface area (Å²) in [5.74, 6) is 0. The summed E-state index contributed by atoms with van der Waals surface area (Å²) in [6, 6.07) is 7.87. The zero-order valence-corrected chi connectivity index (χ0v) is 14.2. The van der Waals surface area contributed by atoms with Crippen LogP contribution in [-0.4, -0.2) is 37.7 Å². The van der Waals surface area contributed by atoms with Crippen molar-refractivity contribution in [3.63, 3.8) is 0 Å². The van der Waals surface area contributed by atoms with E-state index in [1.807, 2.05) is 0 Å². The lowest BCUT2D eigenvalue weighted by Crippen LogP contribution is -2.32. The standard InChI is InChI=1S/C16H25BrN2O/c1-12(11-20-3)19(2)10-14-5-4-13(8-16(14)17)9-18-15-6-7-15/h4-5,8,12,15,18H,6-7,9-11H2,1-3H3. The molecule has 1 saturated carbocycles. The fourth-order valence-corrected chi connectivity index (χ4v) is 2.72. The van der Waals surface area contributed by atoms with E-state index in [1.165, 1.54) is 28.4 Å². The van der Waals surface area contributed by atoms with E-state index in [1.54, 1.807) is 7.11 Å². The van der Waals surface area contributed by atoms with Crippen molar-refractivity contribution in [2.24, 2.45) is 0 Å². The predicted molar refractivity (Wildman–Crippen MR) is 86.8 cm³/mol. The van der Waals surface area contributed by atoms with Crippen LogP contribution < -0.4 is 5.32 Å². The van der Waals surface area contributed by atoms with Crippen molar-refractivity contribution in [3.8, 4) is 0 Å². The average molecular weight is 341 g/mol. The fraction of sp³-hybridized carbons (Fsp3) is 0.625. The number of ether oxygens (including phenoxy) is 1. The van der Waals surface area contributed by atoms with Crippen molar-refractivity contribution >= 4 is 15.9 Å². The van der Waals surface area contributed by atoms with Gasteiger partial charge in [-0.2, -0.15) is 0 Å². The summed E-state index contributed by atoms with van der Waals surface area (Å²) < 4.78 is 6.41. The molecule has 0 bridgehead atoms. The molecule has 1 N–H and O–H groups in total. The molecule has 3 nitrogen and oxygen atoms in total. The number of rotatable bonds is 8. The molecule has 4 heteroatoms. The molecule has 1 aliphatic carbocycles. The van der Waals surface area contributed by atoms with Gasteiger partial charge in [0.1, 0.15) is 0 Å². The molecule has 0 spiro atoms. The lowest BCUT2D eigenvalue weighted by molar-refractivity contribution is 0.112. The third kappa shape index (κ3) is 4.85. The molecule has 0 heterocycles. The molecule has 112 valence electrons. The van der Waals surface area contributed by atoms with Gasteiger partial charge in [0.25, 0.3) is 0 Å². The highest BCUT2D eigenvalue weighted by atomic mass is 79.9. The lowest BCUT2D eigenvalue weighted by atomic mass is 10.1. The fourth-order valence-electron chi connectivity index (χ4n) is 2.17. The van der Waals surface area contributed by atoms with Crippen LogP contribution in [0, 0.1) is 0 Å². The van der Waals surface area contributed by atoms with Crippen LogP contribution >= 0.6 is 15.9 Å². The Kier molecular flexibility index (Phi) is 6.02. The third-order valence-corrected chi connectivity index (χ3v) is 4.61. The number of nitrogens with one attached hydrogen (secondary N) is 1. The number of likely N-dealkylation sites (N-methyl/N-ethyl adjacent to an activating group) is 1. The average Bonchev–Trinajstić information content (AvgIpc) is 3.23. The molecule has 20 heavy (non-hydrogen) atoms. The first-order valence-corrected chi connectivity index (χ1v) is 8.09. The molecular formula is C16H25BrN2O. The van der Waals surface area contributed by atoms with E-state index in [0.29, 0.717) is 6.04 Å². The summed E-state index contributed by atoms with van der Waals surface area (Å²) in [6.07, 6.45) is 2.67. The smallest absolute Gasteiger partial charge is 0.0615 e. The molecule has 1 aromatic carbocycles. The molecule has 0 aromatic heterocycles. The van der Waals surface area contributed by atoms with Gasteiger partial charge >= 0.3 is 0 Å². The second kappa shape index (κ2) is 7.55. The van der Waals surface area contributed by atoms with Gasteiger partial charge in [-0.15, -0.1) is 0 Å². The highest BCUT2D eigenvalue weighted by Crippen LogP contribution is 2.23. The van der Waals surface area contributed by atoms with Gasteiger partial charge < -0.3 is 10.1 Å². The molecule has 0 radical (unpaired) electrons. The highest BCUT2D eigenvalue weighted by molar-refractivity contribution is 9.10. The number of nitrogens with zero attached hydrogens (tertiary/aromatic N) is 1. The van der Waals surface area contributed by atoms with Gasteiger partial charge in [0.15, 0.2) is 0 Å². The summed E-state index contributed by atoms with van der Waals surface area (Å²) in [5.41, 5.74) is 2.67. The molecular weight excluding hydrogens is 316 g/mol. The Morgan fingerprint density at radius 1 is 1.45 bits per heavy atom. The Balaban J connectivity index is 1.90.